The Hall–Kier alpha value is -2.47. The van der Waals surface area contributed by atoms with E-state index in [4.69, 9.17) is 9.84 Å². The van der Waals surface area contributed by atoms with Gasteiger partial charge in [0.1, 0.15) is 0 Å². The number of ether oxygens (including phenoxy) is 1. The number of carboxylic acids is 1. The Morgan fingerprint density at radius 3 is 2.46 bits per heavy atom. The predicted molar refractivity (Wildman–Crippen MR) is 87.2 cm³/mol. The van der Waals surface area contributed by atoms with Gasteiger partial charge in [-0.15, -0.1) is 0 Å². The van der Waals surface area contributed by atoms with Crippen molar-refractivity contribution in [3.05, 3.63) is 35.9 Å². The molecule has 1 heterocycles. The summed E-state index contributed by atoms with van der Waals surface area (Å²) in [6, 6.07) is 6.72. The highest BCUT2D eigenvalue weighted by molar-refractivity contribution is 6.22. The van der Waals surface area contributed by atoms with Gasteiger partial charge in [-0.05, 0) is 43.0 Å². The van der Waals surface area contributed by atoms with Gasteiger partial charge in [0.2, 0.25) is 11.8 Å². The Labute approximate surface area is 139 Å². The average Bonchev–Trinajstić information content (AvgIpc) is 2.84. The third-order valence-corrected chi connectivity index (χ3v) is 4.78. The summed E-state index contributed by atoms with van der Waals surface area (Å²) in [6.45, 7) is 0. The van der Waals surface area contributed by atoms with E-state index in [0.717, 1.165) is 12.5 Å². The fraction of sp³-hybridized carbons (Fsp3) is 0.389. The van der Waals surface area contributed by atoms with Crippen LogP contribution in [0.15, 0.2) is 30.3 Å². The van der Waals surface area contributed by atoms with Crippen molar-refractivity contribution in [3.8, 4) is 0 Å². The number of fused-ring (bicyclic) bond motifs is 1. The lowest BCUT2D eigenvalue weighted by molar-refractivity contribution is -0.131. The molecule has 2 amide bonds. The van der Waals surface area contributed by atoms with Crippen LogP contribution in [0.4, 0.5) is 5.69 Å². The van der Waals surface area contributed by atoms with Crippen molar-refractivity contribution in [2.45, 2.75) is 25.4 Å². The number of benzene rings is 1. The van der Waals surface area contributed by atoms with Gasteiger partial charge in [0.05, 0.1) is 23.6 Å². The maximum Gasteiger partial charge on any atom is 0.328 e. The number of methoxy groups -OCH3 is 1. The Kier molecular flexibility index (Phi) is 4.49. The average molecular weight is 329 g/mol. The van der Waals surface area contributed by atoms with Crippen LogP contribution < -0.4 is 4.90 Å². The predicted octanol–water partition coefficient (Wildman–Crippen LogP) is 2.09. The standard InChI is InChI=1S/C18H19NO5/c1-24-13-7-8-14-15(10-13)18(23)19(17(14)22)12-5-2-11(3-6-12)4-9-16(20)21/h2-6,9,13-15H,7-8,10H2,1H3,(H,20,21). The molecule has 6 heteroatoms. The maximum absolute atomic E-state index is 12.7. The van der Waals surface area contributed by atoms with Gasteiger partial charge in [-0.3, -0.25) is 14.5 Å². The zero-order chi connectivity index (χ0) is 17.3. The van der Waals surface area contributed by atoms with Crippen LogP contribution >= 0.6 is 0 Å². The van der Waals surface area contributed by atoms with Crippen molar-refractivity contribution >= 4 is 29.5 Å². The number of aliphatic carboxylic acids is 1. The number of hydrogen-bond donors (Lipinski definition) is 1. The van der Waals surface area contributed by atoms with Crippen molar-refractivity contribution in [2.75, 3.05) is 12.0 Å². The molecule has 6 nitrogen and oxygen atoms in total. The Morgan fingerprint density at radius 1 is 1.17 bits per heavy atom. The first-order valence-corrected chi connectivity index (χ1v) is 7.93. The monoisotopic (exact) mass is 329 g/mol. The third-order valence-electron chi connectivity index (χ3n) is 4.78. The van der Waals surface area contributed by atoms with Crippen LogP contribution in [0.1, 0.15) is 24.8 Å². The lowest BCUT2D eigenvalue weighted by atomic mass is 9.79. The molecule has 1 aliphatic carbocycles. The molecular formula is C18H19NO5. The number of nitrogens with zero attached hydrogens (tertiary/aromatic N) is 1. The first kappa shape index (κ1) is 16.4. The van der Waals surface area contributed by atoms with E-state index in [2.05, 4.69) is 0 Å². The minimum absolute atomic E-state index is 0.0338. The molecule has 1 aliphatic heterocycles. The van der Waals surface area contributed by atoms with Gasteiger partial charge in [0.25, 0.3) is 0 Å². The molecular weight excluding hydrogens is 310 g/mol. The van der Waals surface area contributed by atoms with Crippen LogP contribution in [0.3, 0.4) is 0 Å². The Balaban J connectivity index is 1.81. The number of carbonyl (C=O) groups excluding carboxylic acids is 2. The van der Waals surface area contributed by atoms with E-state index >= 15 is 0 Å². The van der Waals surface area contributed by atoms with E-state index in [1.54, 1.807) is 31.4 Å². The number of carboxylic acid groups (broad SMARTS) is 1. The smallest absolute Gasteiger partial charge is 0.328 e. The van der Waals surface area contributed by atoms with E-state index in [-0.39, 0.29) is 29.8 Å². The van der Waals surface area contributed by atoms with E-state index in [9.17, 15) is 14.4 Å². The fourth-order valence-corrected chi connectivity index (χ4v) is 3.51. The quantitative estimate of drug-likeness (QED) is 0.675. The zero-order valence-electron chi connectivity index (χ0n) is 13.3. The van der Waals surface area contributed by atoms with Gasteiger partial charge >= 0.3 is 5.97 Å². The van der Waals surface area contributed by atoms with E-state index in [1.807, 2.05) is 0 Å². The lowest BCUT2D eigenvalue weighted by Gasteiger charge is -2.27. The molecule has 126 valence electrons. The maximum atomic E-state index is 12.7. The molecule has 0 bridgehead atoms. The summed E-state index contributed by atoms with van der Waals surface area (Å²) in [5, 5.41) is 8.64. The number of amides is 2. The van der Waals surface area contributed by atoms with Crippen LogP contribution in [-0.4, -0.2) is 36.1 Å². The Bertz CT molecular complexity index is 694. The van der Waals surface area contributed by atoms with E-state index in [0.29, 0.717) is 24.1 Å². The molecule has 2 fully saturated rings. The van der Waals surface area contributed by atoms with E-state index in [1.165, 1.54) is 11.0 Å². The van der Waals surface area contributed by atoms with Gasteiger partial charge in [-0.1, -0.05) is 12.1 Å². The molecule has 1 aromatic rings. The minimum atomic E-state index is -1.03. The molecule has 1 saturated heterocycles. The topological polar surface area (TPSA) is 83.9 Å². The third kappa shape index (κ3) is 2.97. The number of anilines is 1. The van der Waals surface area contributed by atoms with Crippen LogP contribution in [0.2, 0.25) is 0 Å². The molecule has 1 N–H and O–H groups in total. The number of rotatable bonds is 4. The molecule has 1 aromatic carbocycles. The first-order chi connectivity index (χ1) is 11.5. The van der Waals surface area contributed by atoms with Crippen LogP contribution in [-0.2, 0) is 19.1 Å². The molecule has 3 rings (SSSR count). The van der Waals surface area contributed by atoms with Crippen molar-refractivity contribution in [2.24, 2.45) is 11.8 Å². The molecule has 0 aromatic heterocycles. The molecule has 1 saturated carbocycles. The summed E-state index contributed by atoms with van der Waals surface area (Å²) >= 11 is 0. The van der Waals surface area contributed by atoms with Gasteiger partial charge in [-0.2, -0.15) is 0 Å². The highest BCUT2D eigenvalue weighted by Crippen LogP contribution is 2.40. The second kappa shape index (κ2) is 6.57. The molecule has 24 heavy (non-hydrogen) atoms. The summed E-state index contributed by atoms with van der Waals surface area (Å²) < 4.78 is 5.35. The lowest BCUT2D eigenvalue weighted by Crippen LogP contribution is -2.31. The van der Waals surface area contributed by atoms with Crippen LogP contribution in [0.25, 0.3) is 6.08 Å². The molecule has 0 spiro atoms. The number of imide groups is 1. The molecule has 3 atom stereocenters. The van der Waals surface area contributed by atoms with Gasteiger partial charge in [-0.25, -0.2) is 4.79 Å². The van der Waals surface area contributed by atoms with Crippen molar-refractivity contribution < 1.29 is 24.2 Å². The normalized spacial score (nSPS) is 26.9. The second-order valence-electron chi connectivity index (χ2n) is 6.16. The number of carbonyl (C=O) groups is 3. The number of hydrogen-bond acceptors (Lipinski definition) is 4. The summed E-state index contributed by atoms with van der Waals surface area (Å²) in [5.74, 6) is -1.90. The summed E-state index contributed by atoms with van der Waals surface area (Å²) in [4.78, 5) is 37.1. The largest absolute Gasteiger partial charge is 0.478 e. The van der Waals surface area contributed by atoms with Gasteiger partial charge < -0.3 is 9.84 Å². The minimum Gasteiger partial charge on any atom is -0.478 e. The van der Waals surface area contributed by atoms with E-state index < -0.39 is 5.97 Å². The van der Waals surface area contributed by atoms with Crippen molar-refractivity contribution in [1.29, 1.82) is 0 Å². The molecule has 2 aliphatic rings. The zero-order valence-corrected chi connectivity index (χ0v) is 13.3. The molecule has 3 unspecified atom stereocenters. The van der Waals surface area contributed by atoms with Crippen LogP contribution in [0.5, 0.6) is 0 Å². The molecule has 0 radical (unpaired) electrons. The van der Waals surface area contributed by atoms with Crippen molar-refractivity contribution in [1.82, 2.24) is 0 Å². The van der Waals surface area contributed by atoms with Crippen molar-refractivity contribution in [3.63, 3.8) is 0 Å². The summed E-state index contributed by atoms with van der Waals surface area (Å²) in [5.41, 5.74) is 1.22. The van der Waals surface area contributed by atoms with Gasteiger partial charge in [0.15, 0.2) is 0 Å². The summed E-state index contributed by atoms with van der Waals surface area (Å²) in [6.07, 6.45) is 4.59. The summed E-state index contributed by atoms with van der Waals surface area (Å²) in [7, 11) is 1.63. The SMILES string of the molecule is COC1CCC2C(=O)N(c3ccc(C=CC(=O)O)cc3)C(=O)C2C1. The Morgan fingerprint density at radius 2 is 1.83 bits per heavy atom. The van der Waals surface area contributed by atoms with Gasteiger partial charge in [0, 0.05) is 13.2 Å². The second-order valence-corrected chi connectivity index (χ2v) is 6.16. The highest BCUT2D eigenvalue weighted by atomic mass is 16.5. The van der Waals surface area contributed by atoms with Crippen LogP contribution in [0, 0.1) is 11.8 Å². The highest BCUT2D eigenvalue weighted by Gasteiger charge is 2.50. The first-order valence-electron chi connectivity index (χ1n) is 7.93. The fourth-order valence-electron chi connectivity index (χ4n) is 3.51.